The Bertz CT molecular complexity index is 1060. The van der Waals surface area contributed by atoms with E-state index >= 15 is 0 Å². The molecule has 4 bridgehead atoms. The zero-order valence-corrected chi connectivity index (χ0v) is 19.5. The van der Waals surface area contributed by atoms with Crippen molar-refractivity contribution in [3.05, 3.63) is 34.9 Å². The van der Waals surface area contributed by atoms with Gasteiger partial charge >= 0.3 is 0 Å². The zero-order valence-electron chi connectivity index (χ0n) is 18.7. The Morgan fingerprint density at radius 1 is 1.12 bits per heavy atom. The number of nitrogens with zero attached hydrogens (tertiary/aromatic N) is 3. The van der Waals surface area contributed by atoms with Crippen LogP contribution in [0.25, 0.3) is 11.3 Å². The van der Waals surface area contributed by atoms with Gasteiger partial charge in [0, 0.05) is 43.9 Å². The number of carbonyl (C=O) groups is 3. The van der Waals surface area contributed by atoms with Crippen LogP contribution in [-0.4, -0.2) is 65.0 Å². The second-order valence-corrected chi connectivity index (χ2v) is 9.04. The molecule has 3 rings (SSSR count). The Morgan fingerprint density at radius 3 is 2.56 bits per heavy atom. The smallest absolute Gasteiger partial charge is 0.252 e. The van der Waals surface area contributed by atoms with Gasteiger partial charge in [-0.05, 0) is 43.5 Å². The normalized spacial score (nSPS) is 17.3. The molecule has 2 heterocycles. The average molecular weight is 457 g/mol. The molecule has 9 nitrogen and oxygen atoms in total. The Morgan fingerprint density at radius 2 is 1.84 bits per heavy atom. The molecule has 0 saturated heterocycles. The maximum absolute atomic E-state index is 13.2. The summed E-state index contributed by atoms with van der Waals surface area (Å²) in [6, 6.07) is 4.75. The van der Waals surface area contributed by atoms with Gasteiger partial charge in [-0.15, -0.1) is 11.8 Å². The number of carbonyl (C=O) groups excluding carboxylic acids is 3. The number of hydrogen-bond acceptors (Lipinski definition) is 7. The summed E-state index contributed by atoms with van der Waals surface area (Å²) >= 11 is 1.42. The van der Waals surface area contributed by atoms with E-state index in [1.165, 1.54) is 16.7 Å². The lowest BCUT2D eigenvalue weighted by molar-refractivity contribution is -0.131. The van der Waals surface area contributed by atoms with Crippen LogP contribution >= 0.6 is 11.8 Å². The van der Waals surface area contributed by atoms with Gasteiger partial charge in [-0.25, -0.2) is 9.97 Å². The van der Waals surface area contributed by atoms with Crippen molar-refractivity contribution in [3.63, 3.8) is 0 Å². The highest BCUT2D eigenvalue weighted by Gasteiger charge is 2.24. The number of nitrogens with one attached hydrogen (secondary N) is 2. The summed E-state index contributed by atoms with van der Waals surface area (Å²) in [5, 5.41) is 6.31. The molecule has 1 aliphatic heterocycles. The van der Waals surface area contributed by atoms with Gasteiger partial charge in [-0.2, -0.15) is 0 Å². The van der Waals surface area contributed by atoms with Crippen molar-refractivity contribution >= 4 is 35.4 Å². The Hall–Kier alpha value is -3.14. The third-order valence-corrected chi connectivity index (χ3v) is 6.10. The Labute approximate surface area is 191 Å². The van der Waals surface area contributed by atoms with E-state index in [9.17, 15) is 14.4 Å². The zero-order chi connectivity index (χ0) is 23.4. The summed E-state index contributed by atoms with van der Waals surface area (Å²) in [5.41, 5.74) is 9.47. The number of nitrogens with two attached hydrogens (primary N) is 1. The Balaban J connectivity index is 2.07. The van der Waals surface area contributed by atoms with E-state index in [1.807, 2.05) is 26.0 Å². The van der Waals surface area contributed by atoms with Crippen LogP contribution in [0, 0.1) is 13.8 Å². The minimum Gasteiger partial charge on any atom is -0.368 e. The van der Waals surface area contributed by atoms with E-state index in [1.54, 1.807) is 20.2 Å². The van der Waals surface area contributed by atoms with Crippen molar-refractivity contribution in [1.82, 2.24) is 25.5 Å². The van der Waals surface area contributed by atoms with Crippen LogP contribution < -0.4 is 16.4 Å². The lowest BCUT2D eigenvalue weighted by Crippen LogP contribution is -2.48. The minimum absolute atomic E-state index is 0.123. The average Bonchev–Trinajstić information content (AvgIpc) is 2.71. The third kappa shape index (κ3) is 5.56. The van der Waals surface area contributed by atoms with Crippen LogP contribution in [0.1, 0.15) is 34.3 Å². The predicted octanol–water partition coefficient (Wildman–Crippen LogP) is 1.53. The first-order chi connectivity index (χ1) is 15.2. The van der Waals surface area contributed by atoms with Crippen LogP contribution in [0.2, 0.25) is 0 Å². The SMILES string of the molecule is Cc1cc(C)c2cc1C(=O)N[C@H](C(=O)N(C)C)CCNC(=O)CCSc1cc-2nc(N)n1. The van der Waals surface area contributed by atoms with Crippen molar-refractivity contribution in [3.8, 4) is 11.3 Å². The van der Waals surface area contributed by atoms with Crippen LogP contribution in [0.4, 0.5) is 5.95 Å². The largest absolute Gasteiger partial charge is 0.368 e. The van der Waals surface area contributed by atoms with Crippen molar-refractivity contribution in [2.24, 2.45) is 0 Å². The van der Waals surface area contributed by atoms with Gasteiger partial charge in [0.05, 0.1) is 5.69 Å². The standard InChI is InChI=1S/C22H28N6O3S/c1-12-9-13(2)15-10-14(12)17-11-19(27-22(23)26-17)32-8-6-18(29)24-7-5-16(25-20(15)30)21(31)28(3)4/h9-11,16H,5-8H2,1-4H3,(H,24,29)(H,25,30)(H2,23,26,27)/t16-/m0/s1. The number of aromatic nitrogens is 2. The maximum Gasteiger partial charge on any atom is 0.252 e. The summed E-state index contributed by atoms with van der Waals surface area (Å²) in [6.07, 6.45) is 0.578. The molecule has 32 heavy (non-hydrogen) atoms. The highest BCUT2D eigenvalue weighted by Crippen LogP contribution is 2.29. The first-order valence-corrected chi connectivity index (χ1v) is 11.3. The van der Waals surface area contributed by atoms with Crippen LogP contribution in [0.5, 0.6) is 0 Å². The van der Waals surface area contributed by atoms with E-state index in [4.69, 9.17) is 5.73 Å². The molecule has 1 aliphatic rings. The number of rotatable bonds is 1. The molecular weight excluding hydrogens is 428 g/mol. The predicted molar refractivity (Wildman–Crippen MR) is 124 cm³/mol. The first kappa shape index (κ1) is 23.5. The topological polar surface area (TPSA) is 130 Å². The highest BCUT2D eigenvalue weighted by molar-refractivity contribution is 7.99. The fraction of sp³-hybridized carbons (Fsp3) is 0.409. The third-order valence-electron chi connectivity index (χ3n) is 5.19. The monoisotopic (exact) mass is 456 g/mol. The summed E-state index contributed by atoms with van der Waals surface area (Å²) in [7, 11) is 3.27. The number of amides is 3. The summed E-state index contributed by atoms with van der Waals surface area (Å²) in [6.45, 7) is 4.07. The van der Waals surface area contributed by atoms with Crippen molar-refractivity contribution in [2.45, 2.75) is 37.8 Å². The van der Waals surface area contributed by atoms with Crippen molar-refractivity contribution in [1.29, 1.82) is 0 Å². The van der Waals surface area contributed by atoms with Gasteiger partial charge in [0.25, 0.3) is 5.91 Å². The molecule has 0 fully saturated rings. The Kier molecular flexibility index (Phi) is 7.34. The number of benzene rings is 1. The lowest BCUT2D eigenvalue weighted by atomic mass is 9.97. The van der Waals surface area contributed by atoms with Crippen LogP contribution in [-0.2, 0) is 9.59 Å². The molecule has 1 aromatic carbocycles. The van der Waals surface area contributed by atoms with Gasteiger partial charge in [-0.3, -0.25) is 14.4 Å². The van der Waals surface area contributed by atoms with Crippen molar-refractivity contribution in [2.75, 3.05) is 32.1 Å². The molecule has 0 spiro atoms. The summed E-state index contributed by atoms with van der Waals surface area (Å²) < 4.78 is 0. The van der Waals surface area contributed by atoms with Crippen molar-refractivity contribution < 1.29 is 14.4 Å². The summed E-state index contributed by atoms with van der Waals surface area (Å²) in [5.74, 6) is -0.0813. The molecule has 10 heteroatoms. The highest BCUT2D eigenvalue weighted by atomic mass is 32.2. The molecule has 3 amide bonds. The molecule has 0 unspecified atom stereocenters. The quantitative estimate of drug-likeness (QED) is 0.555. The number of hydrogen-bond donors (Lipinski definition) is 3. The van der Waals surface area contributed by atoms with E-state index in [2.05, 4.69) is 20.6 Å². The van der Waals surface area contributed by atoms with E-state index in [0.29, 0.717) is 22.0 Å². The molecule has 0 aliphatic carbocycles. The molecule has 170 valence electrons. The van der Waals surface area contributed by atoms with Gasteiger partial charge < -0.3 is 21.3 Å². The van der Waals surface area contributed by atoms with Gasteiger partial charge in [0.1, 0.15) is 11.1 Å². The first-order valence-electron chi connectivity index (χ1n) is 10.3. The van der Waals surface area contributed by atoms with E-state index in [-0.39, 0.29) is 43.1 Å². The number of likely N-dealkylation sites (N-methyl/N-ethyl adjacent to an activating group) is 1. The van der Waals surface area contributed by atoms with Gasteiger partial charge in [0.15, 0.2) is 0 Å². The van der Waals surface area contributed by atoms with E-state index < -0.39 is 6.04 Å². The second kappa shape index (κ2) is 9.99. The van der Waals surface area contributed by atoms with Gasteiger partial charge in [0.2, 0.25) is 17.8 Å². The van der Waals surface area contributed by atoms with E-state index in [0.717, 1.165) is 16.7 Å². The molecule has 0 radical (unpaired) electrons. The van der Waals surface area contributed by atoms with Gasteiger partial charge in [-0.1, -0.05) is 6.07 Å². The number of anilines is 1. The molecular formula is C22H28N6O3S. The summed E-state index contributed by atoms with van der Waals surface area (Å²) in [4.78, 5) is 48.1. The second-order valence-electron chi connectivity index (χ2n) is 7.93. The van der Waals surface area contributed by atoms with Crippen LogP contribution in [0.15, 0.2) is 23.2 Å². The molecule has 1 atom stereocenters. The number of thioether (sulfide) groups is 1. The molecule has 2 aromatic rings. The number of aryl methyl sites for hydroxylation is 2. The molecule has 4 N–H and O–H groups in total. The van der Waals surface area contributed by atoms with Crippen LogP contribution in [0.3, 0.4) is 0 Å². The maximum atomic E-state index is 13.2. The molecule has 0 saturated carbocycles. The number of fused-ring (bicyclic) bond motifs is 5. The lowest BCUT2D eigenvalue weighted by Gasteiger charge is -2.23. The molecule has 1 aromatic heterocycles. The fourth-order valence-corrected chi connectivity index (χ4v) is 4.37. The number of nitrogen functional groups attached to an aromatic ring is 1. The minimum atomic E-state index is -0.759. The fourth-order valence-electron chi connectivity index (χ4n) is 3.53.